The second kappa shape index (κ2) is 13.4. The molecule has 0 spiro atoms. The van der Waals surface area contributed by atoms with E-state index >= 15 is 0 Å². The Kier molecular flexibility index (Phi) is 6.84. The van der Waals surface area contributed by atoms with E-state index in [4.69, 9.17) is 4.42 Å². The minimum absolute atomic E-state index is 0.108. The molecule has 0 aliphatic carbocycles. The first-order chi connectivity index (χ1) is 28.5. The van der Waals surface area contributed by atoms with Gasteiger partial charge in [-0.15, -0.1) is 0 Å². The summed E-state index contributed by atoms with van der Waals surface area (Å²) in [5.74, 6) is 0. The summed E-state index contributed by atoms with van der Waals surface area (Å²) in [5.41, 5.74) is 9.83. The number of fused-ring (bicyclic) bond motifs is 4. The third kappa shape index (κ3) is 5.62. The minimum atomic E-state index is -0.137. The summed E-state index contributed by atoms with van der Waals surface area (Å²) < 4.78 is 44.8. The van der Waals surface area contributed by atoms with Gasteiger partial charge >= 0.3 is 0 Å². The molecule has 0 aliphatic rings. The zero-order chi connectivity index (χ0) is 39.3. The first-order valence-electron chi connectivity index (χ1n) is 20.1. The molecule has 254 valence electrons. The molecule has 0 amide bonds. The van der Waals surface area contributed by atoms with Gasteiger partial charge in [0.05, 0.1) is 11.2 Å². The Labute approximate surface area is 320 Å². The van der Waals surface area contributed by atoms with E-state index < -0.39 is 0 Å². The van der Waals surface area contributed by atoms with E-state index in [1.807, 2.05) is 114 Å². The van der Waals surface area contributed by atoms with Gasteiger partial charge in [-0.25, -0.2) is 0 Å². The minimum Gasteiger partial charge on any atom is -0.455 e. The molecule has 0 aliphatic heterocycles. The van der Waals surface area contributed by atoms with Gasteiger partial charge in [0, 0.05) is 33.1 Å². The smallest absolute Gasteiger partial charge is 0.143 e. The number of furan rings is 1. The van der Waals surface area contributed by atoms with E-state index in [1.165, 1.54) is 0 Å². The fourth-order valence-corrected chi connectivity index (χ4v) is 7.57. The quantitative estimate of drug-likeness (QED) is 0.165. The van der Waals surface area contributed by atoms with Crippen LogP contribution in [0.5, 0.6) is 0 Å². The highest BCUT2D eigenvalue weighted by molar-refractivity contribution is 6.10. The molecular weight excluding hydrogens is 655 g/mol. The third-order valence-corrected chi connectivity index (χ3v) is 10.1. The van der Waals surface area contributed by atoms with Gasteiger partial charge in [-0.05, 0) is 86.7 Å². The highest BCUT2D eigenvalue weighted by Crippen LogP contribution is 2.45. The van der Waals surface area contributed by atoms with Crippen LogP contribution in [0.2, 0.25) is 0 Å². The lowest BCUT2D eigenvalue weighted by molar-refractivity contribution is 0.670. The summed E-state index contributed by atoms with van der Waals surface area (Å²) in [6, 6.07) is 62.0. The van der Waals surface area contributed by atoms with E-state index in [0.29, 0.717) is 11.3 Å². The van der Waals surface area contributed by atoms with Crippen LogP contribution in [0.15, 0.2) is 217 Å². The molecule has 0 atom stereocenters. The molecule has 0 unspecified atom stereocenters. The van der Waals surface area contributed by atoms with Gasteiger partial charge in [-0.3, -0.25) is 0 Å². The van der Waals surface area contributed by atoms with Crippen LogP contribution in [0.25, 0.3) is 77.2 Å². The topological polar surface area (TPSA) is 16.4 Å². The molecule has 0 N–H and O–H groups in total. The van der Waals surface area contributed by atoms with Crippen molar-refractivity contribution in [3.8, 4) is 44.5 Å². The summed E-state index contributed by atoms with van der Waals surface area (Å²) >= 11 is 0. The van der Waals surface area contributed by atoms with Crippen LogP contribution < -0.4 is 4.90 Å². The van der Waals surface area contributed by atoms with Crippen molar-refractivity contribution in [3.05, 3.63) is 212 Å². The first kappa shape index (κ1) is 27.5. The van der Waals surface area contributed by atoms with Crippen molar-refractivity contribution in [2.24, 2.45) is 0 Å². The Hall–Kier alpha value is -7.16. The SMILES string of the molecule is [2H]c1c([2H])c(N(c2cc(-c3ccccc3)cc(-c3cccc4c3oc3ccccc34)c2)c2ccc(-c3ccccc3)c3ccccc23)c([2H])c([2H])c1-c1ccccc1. The van der Waals surface area contributed by atoms with E-state index in [9.17, 15) is 5.48 Å². The standard InChI is InChI=1S/C52H35NO/c1-4-15-36(16-5-1)38-27-29-42(30-28-38)53(50-32-31-44(39-19-8-3-9-20-39)46-21-10-11-22-47(46)50)43-34-40(37-17-6-2-7-18-37)33-41(35-43)45-24-14-25-49-48-23-12-13-26-51(48)54-52(45)49/h1-35H/i27D,28D,29D,30D. The van der Waals surface area contributed by atoms with Crippen LogP contribution >= 0.6 is 0 Å². The molecule has 10 rings (SSSR count). The lowest BCUT2D eigenvalue weighted by Crippen LogP contribution is -2.11. The van der Waals surface area contributed by atoms with Crippen molar-refractivity contribution in [3.63, 3.8) is 0 Å². The number of nitrogens with zero attached hydrogens (tertiary/aromatic N) is 1. The van der Waals surface area contributed by atoms with Crippen LogP contribution in [0, 0.1) is 0 Å². The second-order valence-electron chi connectivity index (χ2n) is 13.4. The predicted molar refractivity (Wildman–Crippen MR) is 228 cm³/mol. The highest BCUT2D eigenvalue weighted by atomic mass is 16.3. The summed E-state index contributed by atoms with van der Waals surface area (Å²) in [5, 5.41) is 3.94. The number of hydrogen-bond acceptors (Lipinski definition) is 2. The van der Waals surface area contributed by atoms with Crippen molar-refractivity contribution in [1.29, 1.82) is 0 Å². The summed E-state index contributed by atoms with van der Waals surface area (Å²) in [6.45, 7) is 0. The summed E-state index contributed by atoms with van der Waals surface area (Å²) in [7, 11) is 0. The van der Waals surface area contributed by atoms with Crippen molar-refractivity contribution >= 4 is 49.8 Å². The fourth-order valence-electron chi connectivity index (χ4n) is 7.57. The Bertz CT molecular complexity index is 3130. The first-order valence-corrected chi connectivity index (χ1v) is 18.1. The number of benzene rings is 9. The van der Waals surface area contributed by atoms with Gasteiger partial charge in [-0.2, -0.15) is 0 Å². The van der Waals surface area contributed by atoms with Crippen molar-refractivity contribution in [2.45, 2.75) is 0 Å². The predicted octanol–water partition coefficient (Wildman–Crippen LogP) is 14.9. The number of anilines is 3. The molecule has 0 fully saturated rings. The maximum atomic E-state index is 9.69. The highest BCUT2D eigenvalue weighted by Gasteiger charge is 2.21. The normalized spacial score (nSPS) is 12.4. The molecule has 2 nitrogen and oxygen atoms in total. The van der Waals surface area contributed by atoms with Gasteiger partial charge in [0.15, 0.2) is 0 Å². The maximum absolute atomic E-state index is 9.69. The van der Waals surface area contributed by atoms with Crippen LogP contribution in [0.3, 0.4) is 0 Å². The Balaban J connectivity index is 1.30. The number of hydrogen-bond donors (Lipinski definition) is 0. The van der Waals surface area contributed by atoms with Gasteiger partial charge in [0.2, 0.25) is 0 Å². The molecule has 10 aromatic rings. The average Bonchev–Trinajstić information content (AvgIpc) is 3.67. The number of para-hydroxylation sites is 2. The largest absolute Gasteiger partial charge is 0.455 e. The van der Waals surface area contributed by atoms with Gasteiger partial charge in [0.1, 0.15) is 11.2 Å². The molecule has 1 aromatic heterocycles. The molecule has 1 heterocycles. The molecule has 2 heteroatoms. The zero-order valence-corrected chi connectivity index (χ0v) is 29.3. The third-order valence-electron chi connectivity index (χ3n) is 10.1. The lowest BCUT2D eigenvalue weighted by atomic mass is 9.94. The average molecular weight is 694 g/mol. The van der Waals surface area contributed by atoms with Crippen LogP contribution in [-0.2, 0) is 0 Å². The molecule has 54 heavy (non-hydrogen) atoms. The molecule has 0 saturated heterocycles. The monoisotopic (exact) mass is 693 g/mol. The molecule has 9 aromatic carbocycles. The summed E-state index contributed by atoms with van der Waals surface area (Å²) in [4.78, 5) is 1.92. The van der Waals surface area contributed by atoms with Crippen molar-refractivity contribution in [1.82, 2.24) is 0 Å². The summed E-state index contributed by atoms with van der Waals surface area (Å²) in [6.07, 6.45) is 0. The van der Waals surface area contributed by atoms with E-state index in [2.05, 4.69) is 78.9 Å². The van der Waals surface area contributed by atoms with Crippen LogP contribution in [-0.4, -0.2) is 0 Å². The fraction of sp³-hybridized carbons (Fsp3) is 0. The molecule has 0 saturated carbocycles. The Morgan fingerprint density at radius 3 is 1.65 bits per heavy atom. The van der Waals surface area contributed by atoms with E-state index in [-0.39, 0.29) is 35.4 Å². The molecular formula is C52H35NO. The number of rotatable bonds is 7. The second-order valence-corrected chi connectivity index (χ2v) is 13.4. The van der Waals surface area contributed by atoms with Gasteiger partial charge < -0.3 is 9.32 Å². The van der Waals surface area contributed by atoms with Gasteiger partial charge in [0.25, 0.3) is 0 Å². The van der Waals surface area contributed by atoms with Gasteiger partial charge in [-0.1, -0.05) is 170 Å². The lowest BCUT2D eigenvalue weighted by Gasteiger charge is -2.29. The molecule has 0 radical (unpaired) electrons. The van der Waals surface area contributed by atoms with Crippen LogP contribution in [0.4, 0.5) is 17.1 Å². The molecule has 0 bridgehead atoms. The Morgan fingerprint density at radius 2 is 0.926 bits per heavy atom. The van der Waals surface area contributed by atoms with Crippen LogP contribution in [0.1, 0.15) is 5.48 Å². The van der Waals surface area contributed by atoms with Crippen molar-refractivity contribution < 1.29 is 9.90 Å². The maximum Gasteiger partial charge on any atom is 0.143 e. The van der Waals surface area contributed by atoms with E-state index in [0.717, 1.165) is 71.8 Å². The van der Waals surface area contributed by atoms with Crippen molar-refractivity contribution in [2.75, 3.05) is 4.90 Å². The van der Waals surface area contributed by atoms with E-state index in [1.54, 1.807) is 0 Å². The Morgan fingerprint density at radius 1 is 0.352 bits per heavy atom. The zero-order valence-electron chi connectivity index (χ0n) is 33.3.